The van der Waals surface area contributed by atoms with E-state index in [-0.39, 0.29) is 0 Å². The zero-order chi connectivity index (χ0) is 10.7. The summed E-state index contributed by atoms with van der Waals surface area (Å²) in [5.41, 5.74) is 0. The number of aromatic nitrogens is 3. The van der Waals surface area contributed by atoms with E-state index in [0.29, 0.717) is 5.76 Å². The molecule has 78 valence electrons. The fourth-order valence-electron chi connectivity index (χ4n) is 1.08. The van der Waals surface area contributed by atoms with Gasteiger partial charge in [-0.2, -0.15) is 9.78 Å². The van der Waals surface area contributed by atoms with Crippen molar-refractivity contribution in [3.63, 3.8) is 0 Å². The molecule has 0 N–H and O–H groups in total. The maximum absolute atomic E-state index is 5.13. The Kier molecular flexibility index (Phi) is 2.86. The van der Waals surface area contributed by atoms with Gasteiger partial charge >= 0.3 is 0 Å². The first-order valence-electron chi connectivity index (χ1n) is 4.35. The molecule has 0 atom stereocenters. The number of nitrogens with zero attached hydrogens (tertiary/aromatic N) is 4. The second kappa shape index (κ2) is 4.31. The number of furan rings is 1. The quantitative estimate of drug-likeness (QED) is 0.586. The molecular formula is C9H10N4OS. The average molecular weight is 222 g/mol. The predicted molar refractivity (Wildman–Crippen MR) is 58.2 cm³/mol. The second-order valence-corrected chi connectivity index (χ2v) is 3.58. The number of aryl methyl sites for hydroxylation is 1. The number of hydrogen-bond donors (Lipinski definition) is 0. The monoisotopic (exact) mass is 222 g/mol. The summed E-state index contributed by atoms with van der Waals surface area (Å²) < 4.78 is 6.81. The third-order valence-corrected chi connectivity index (χ3v) is 2.41. The number of rotatable bonds is 3. The molecule has 0 aliphatic rings. The first-order chi connectivity index (χ1) is 7.31. The van der Waals surface area contributed by atoms with Gasteiger partial charge in [0.15, 0.2) is 5.82 Å². The Bertz CT molecular complexity index is 460. The summed E-state index contributed by atoms with van der Waals surface area (Å²) in [6, 6.07) is 3.65. The van der Waals surface area contributed by atoms with Crippen LogP contribution in [0.3, 0.4) is 0 Å². The van der Waals surface area contributed by atoms with Crippen LogP contribution in [0, 0.1) is 6.92 Å². The summed E-state index contributed by atoms with van der Waals surface area (Å²) in [7, 11) is 0. The summed E-state index contributed by atoms with van der Waals surface area (Å²) >= 11 is 1.50. The molecule has 2 aromatic rings. The van der Waals surface area contributed by atoms with Crippen LogP contribution < -0.4 is 0 Å². The highest BCUT2D eigenvalue weighted by Gasteiger charge is 2.05. The van der Waals surface area contributed by atoms with Crippen molar-refractivity contribution in [1.29, 1.82) is 0 Å². The van der Waals surface area contributed by atoms with E-state index in [9.17, 15) is 0 Å². The van der Waals surface area contributed by atoms with Gasteiger partial charge in [0.05, 0.1) is 12.5 Å². The van der Waals surface area contributed by atoms with Gasteiger partial charge in [-0.3, -0.25) is 0 Å². The minimum atomic E-state index is 0.704. The predicted octanol–water partition coefficient (Wildman–Crippen LogP) is 1.78. The number of hydrogen-bond acceptors (Lipinski definition) is 5. The van der Waals surface area contributed by atoms with E-state index in [0.717, 1.165) is 11.0 Å². The Morgan fingerprint density at radius 1 is 1.53 bits per heavy atom. The fourth-order valence-corrected chi connectivity index (χ4v) is 1.55. The summed E-state index contributed by atoms with van der Waals surface area (Å²) in [5.74, 6) is 1.46. The summed E-state index contributed by atoms with van der Waals surface area (Å²) in [6.45, 7) is 1.85. The molecule has 0 aliphatic heterocycles. The van der Waals surface area contributed by atoms with Crippen LogP contribution in [-0.4, -0.2) is 27.3 Å². The SMILES string of the molecule is CSc1nnc(C)n1/N=C\c1ccco1. The highest BCUT2D eigenvalue weighted by molar-refractivity contribution is 7.98. The van der Waals surface area contributed by atoms with Crippen molar-refractivity contribution in [1.82, 2.24) is 14.9 Å². The summed E-state index contributed by atoms with van der Waals surface area (Å²) in [6.07, 6.45) is 5.17. The molecule has 6 heteroatoms. The third kappa shape index (κ3) is 2.10. The van der Waals surface area contributed by atoms with Crippen LogP contribution in [0.15, 0.2) is 33.1 Å². The van der Waals surface area contributed by atoms with Crippen molar-refractivity contribution in [2.75, 3.05) is 6.26 Å². The maximum atomic E-state index is 5.13. The first-order valence-corrected chi connectivity index (χ1v) is 5.57. The molecule has 0 radical (unpaired) electrons. The van der Waals surface area contributed by atoms with Crippen molar-refractivity contribution < 1.29 is 4.42 Å². The number of thioether (sulfide) groups is 1. The van der Waals surface area contributed by atoms with Gasteiger partial charge in [0, 0.05) is 0 Å². The zero-order valence-corrected chi connectivity index (χ0v) is 9.23. The van der Waals surface area contributed by atoms with E-state index in [2.05, 4.69) is 15.3 Å². The molecule has 0 aromatic carbocycles. The lowest BCUT2D eigenvalue weighted by atomic mass is 10.5. The topological polar surface area (TPSA) is 56.2 Å². The van der Waals surface area contributed by atoms with Gasteiger partial charge in [-0.25, -0.2) is 0 Å². The minimum Gasteiger partial charge on any atom is -0.463 e. The van der Waals surface area contributed by atoms with E-state index in [4.69, 9.17) is 4.42 Å². The Labute approximate surface area is 91.2 Å². The van der Waals surface area contributed by atoms with Crippen molar-refractivity contribution >= 4 is 18.0 Å². The van der Waals surface area contributed by atoms with Crippen molar-refractivity contribution in [3.05, 3.63) is 30.0 Å². The van der Waals surface area contributed by atoms with E-state index in [1.54, 1.807) is 17.2 Å². The smallest absolute Gasteiger partial charge is 0.211 e. The molecule has 0 spiro atoms. The maximum Gasteiger partial charge on any atom is 0.211 e. The summed E-state index contributed by atoms with van der Waals surface area (Å²) in [4.78, 5) is 0. The van der Waals surface area contributed by atoms with Gasteiger partial charge in [-0.15, -0.1) is 10.2 Å². The molecular weight excluding hydrogens is 212 g/mol. The molecule has 2 heterocycles. The molecule has 0 unspecified atom stereocenters. The standard InChI is InChI=1S/C9H10N4OS/c1-7-11-12-9(15-2)13(7)10-6-8-4-3-5-14-8/h3-6H,1-2H3/b10-6-. The average Bonchev–Trinajstić information content (AvgIpc) is 2.84. The molecule has 2 rings (SSSR count). The summed E-state index contributed by atoms with van der Waals surface area (Å²) in [5, 5.41) is 12.9. The van der Waals surface area contributed by atoms with Crippen LogP contribution in [-0.2, 0) is 0 Å². The fraction of sp³-hybridized carbons (Fsp3) is 0.222. The van der Waals surface area contributed by atoms with Crippen molar-refractivity contribution in [2.45, 2.75) is 12.1 Å². The van der Waals surface area contributed by atoms with E-state index in [1.807, 2.05) is 25.3 Å². The van der Waals surface area contributed by atoms with E-state index >= 15 is 0 Å². The van der Waals surface area contributed by atoms with Gasteiger partial charge in [0.2, 0.25) is 5.16 Å². The highest BCUT2D eigenvalue weighted by Crippen LogP contribution is 2.12. The Morgan fingerprint density at radius 3 is 3.07 bits per heavy atom. The van der Waals surface area contributed by atoms with E-state index < -0.39 is 0 Å². The van der Waals surface area contributed by atoms with Crippen LogP contribution in [0.2, 0.25) is 0 Å². The molecule has 0 fully saturated rings. The Balaban J connectivity index is 2.27. The molecule has 2 aromatic heterocycles. The second-order valence-electron chi connectivity index (χ2n) is 2.81. The molecule has 5 nitrogen and oxygen atoms in total. The largest absolute Gasteiger partial charge is 0.463 e. The third-order valence-electron chi connectivity index (χ3n) is 1.79. The molecule has 0 aliphatic carbocycles. The van der Waals surface area contributed by atoms with Crippen molar-refractivity contribution in [3.8, 4) is 0 Å². The van der Waals surface area contributed by atoms with Crippen LogP contribution in [0.4, 0.5) is 0 Å². The Hall–Kier alpha value is -1.56. The molecule has 0 bridgehead atoms. The lowest BCUT2D eigenvalue weighted by Gasteiger charge is -1.96. The first kappa shape index (κ1) is 9.97. The van der Waals surface area contributed by atoms with Gasteiger partial charge < -0.3 is 4.42 Å². The minimum absolute atomic E-state index is 0.704. The van der Waals surface area contributed by atoms with Gasteiger partial charge in [-0.1, -0.05) is 11.8 Å². The van der Waals surface area contributed by atoms with Crippen LogP contribution in [0.25, 0.3) is 0 Å². The van der Waals surface area contributed by atoms with Gasteiger partial charge in [0.25, 0.3) is 0 Å². The molecule has 0 saturated carbocycles. The van der Waals surface area contributed by atoms with Crippen molar-refractivity contribution in [2.24, 2.45) is 5.10 Å². The molecule has 15 heavy (non-hydrogen) atoms. The normalized spacial score (nSPS) is 11.3. The lowest BCUT2D eigenvalue weighted by molar-refractivity contribution is 0.559. The lowest BCUT2D eigenvalue weighted by Crippen LogP contribution is -1.94. The van der Waals surface area contributed by atoms with Crippen LogP contribution >= 0.6 is 11.8 Å². The van der Waals surface area contributed by atoms with Crippen LogP contribution in [0.5, 0.6) is 0 Å². The van der Waals surface area contributed by atoms with Crippen LogP contribution in [0.1, 0.15) is 11.6 Å². The van der Waals surface area contributed by atoms with E-state index in [1.165, 1.54) is 11.8 Å². The molecule has 0 amide bonds. The zero-order valence-electron chi connectivity index (χ0n) is 8.41. The highest BCUT2D eigenvalue weighted by atomic mass is 32.2. The van der Waals surface area contributed by atoms with Gasteiger partial charge in [-0.05, 0) is 25.3 Å². The van der Waals surface area contributed by atoms with Gasteiger partial charge in [0.1, 0.15) is 5.76 Å². The molecule has 0 saturated heterocycles. The Morgan fingerprint density at radius 2 is 2.40 bits per heavy atom.